The van der Waals surface area contributed by atoms with Crippen LogP contribution >= 0.6 is 0 Å². The molecule has 1 unspecified atom stereocenters. The predicted octanol–water partition coefficient (Wildman–Crippen LogP) is 4.92. The highest BCUT2D eigenvalue weighted by Crippen LogP contribution is 2.28. The van der Waals surface area contributed by atoms with Crippen LogP contribution in [0.1, 0.15) is 66.4 Å². The molecular formula is C22H37NO3. The van der Waals surface area contributed by atoms with E-state index in [2.05, 4.69) is 33.0 Å². The van der Waals surface area contributed by atoms with E-state index in [0.29, 0.717) is 12.3 Å². The van der Waals surface area contributed by atoms with Gasteiger partial charge in [0, 0.05) is 12.3 Å². The first-order valence-electron chi connectivity index (χ1n) is 9.36. The maximum Gasteiger partial charge on any atom is 0.326 e. The largest absolute Gasteiger partial charge is 0.480 e. The molecule has 0 spiro atoms. The van der Waals surface area contributed by atoms with E-state index in [1.807, 2.05) is 30.3 Å². The van der Waals surface area contributed by atoms with Gasteiger partial charge in [0.2, 0.25) is 5.91 Å². The fraction of sp³-hybridized carbons (Fsp3) is 0.636. The molecular weight excluding hydrogens is 326 g/mol. The fourth-order valence-corrected chi connectivity index (χ4v) is 2.86. The van der Waals surface area contributed by atoms with E-state index in [4.69, 9.17) is 0 Å². The van der Waals surface area contributed by atoms with Gasteiger partial charge >= 0.3 is 5.97 Å². The number of carbonyl (C=O) groups is 2. The number of amides is 1. The first-order chi connectivity index (χ1) is 11.8. The maximum atomic E-state index is 12.2. The van der Waals surface area contributed by atoms with Crippen molar-refractivity contribution >= 4 is 11.9 Å². The summed E-state index contributed by atoms with van der Waals surface area (Å²) in [5.41, 5.74) is 0.919. The van der Waals surface area contributed by atoms with Crippen molar-refractivity contribution in [1.82, 2.24) is 5.32 Å². The van der Waals surface area contributed by atoms with Crippen molar-refractivity contribution in [3.63, 3.8) is 0 Å². The molecule has 0 radical (unpaired) electrons. The second-order valence-corrected chi connectivity index (χ2v) is 7.78. The van der Waals surface area contributed by atoms with Gasteiger partial charge in [0.25, 0.3) is 0 Å². The van der Waals surface area contributed by atoms with Gasteiger partial charge in [0.1, 0.15) is 6.04 Å². The number of carbonyl (C=O) groups excluding carboxylic acids is 1. The Kier molecular flexibility index (Phi) is 11.6. The molecule has 4 nitrogen and oxygen atoms in total. The maximum absolute atomic E-state index is 12.2. The Hall–Kier alpha value is -1.84. The van der Waals surface area contributed by atoms with Crippen LogP contribution in [-0.4, -0.2) is 23.0 Å². The summed E-state index contributed by atoms with van der Waals surface area (Å²) in [6, 6.07) is 8.55. The number of carboxylic acids is 1. The summed E-state index contributed by atoms with van der Waals surface area (Å²) in [6.07, 6.45) is 4.16. The molecule has 2 rings (SSSR count). The Balaban J connectivity index is 0.00000113. The second kappa shape index (κ2) is 12.5. The number of hydrogen-bond acceptors (Lipinski definition) is 2. The molecule has 1 aliphatic carbocycles. The first-order valence-corrected chi connectivity index (χ1v) is 9.36. The molecule has 1 atom stereocenters. The van der Waals surface area contributed by atoms with E-state index in [-0.39, 0.29) is 19.3 Å². The number of benzene rings is 1. The smallest absolute Gasteiger partial charge is 0.326 e. The molecule has 1 amide bonds. The van der Waals surface area contributed by atoms with Gasteiger partial charge in [-0.15, -0.1) is 0 Å². The van der Waals surface area contributed by atoms with Crippen LogP contribution in [0.2, 0.25) is 0 Å². The van der Waals surface area contributed by atoms with E-state index in [0.717, 1.165) is 37.2 Å². The Bertz CT molecular complexity index is 517. The molecule has 1 aromatic rings. The zero-order chi connectivity index (χ0) is 18.8. The quantitative estimate of drug-likeness (QED) is 0.780. The number of carboxylic acid groups (broad SMARTS) is 1. The highest BCUT2D eigenvalue weighted by Gasteiger charge is 2.28. The SMILES string of the molecule is C.CC(C)C.CC1CCC(C(=O)NC(Cc2ccccc2)C(=O)O)CC1. The highest BCUT2D eigenvalue weighted by molar-refractivity contribution is 5.85. The van der Waals surface area contributed by atoms with Gasteiger partial charge in [-0.25, -0.2) is 4.79 Å². The van der Waals surface area contributed by atoms with Crippen molar-refractivity contribution in [2.75, 3.05) is 0 Å². The van der Waals surface area contributed by atoms with Crippen LogP contribution in [0.3, 0.4) is 0 Å². The van der Waals surface area contributed by atoms with Crippen molar-refractivity contribution in [2.24, 2.45) is 17.8 Å². The summed E-state index contributed by atoms with van der Waals surface area (Å²) in [6.45, 7) is 8.70. The average Bonchev–Trinajstić information content (AvgIpc) is 2.55. The molecule has 4 heteroatoms. The monoisotopic (exact) mass is 363 g/mol. The number of rotatable bonds is 5. The fourth-order valence-electron chi connectivity index (χ4n) is 2.86. The van der Waals surface area contributed by atoms with Crippen LogP contribution in [0.15, 0.2) is 30.3 Å². The van der Waals surface area contributed by atoms with Crippen LogP contribution in [-0.2, 0) is 16.0 Å². The van der Waals surface area contributed by atoms with Crippen LogP contribution in [0, 0.1) is 17.8 Å². The van der Waals surface area contributed by atoms with E-state index in [1.54, 1.807) is 0 Å². The normalized spacial score (nSPS) is 20.2. The van der Waals surface area contributed by atoms with Gasteiger partial charge in [-0.1, -0.05) is 65.5 Å². The van der Waals surface area contributed by atoms with E-state index in [1.165, 1.54) is 0 Å². The highest BCUT2D eigenvalue weighted by atomic mass is 16.4. The molecule has 26 heavy (non-hydrogen) atoms. The molecule has 2 N–H and O–H groups in total. The number of nitrogens with one attached hydrogen (secondary N) is 1. The van der Waals surface area contributed by atoms with Crippen LogP contribution in [0.5, 0.6) is 0 Å². The number of hydrogen-bond donors (Lipinski definition) is 2. The molecule has 148 valence electrons. The minimum atomic E-state index is -0.976. The first kappa shape index (κ1) is 24.2. The van der Waals surface area contributed by atoms with Crippen LogP contribution < -0.4 is 5.32 Å². The van der Waals surface area contributed by atoms with Crippen molar-refractivity contribution in [3.8, 4) is 0 Å². The Morgan fingerprint density at radius 3 is 2.04 bits per heavy atom. The van der Waals surface area contributed by atoms with Gasteiger partial charge in [-0.2, -0.15) is 0 Å². The standard InChI is InChI=1S/C17H23NO3.C4H10.CH4/c1-12-7-9-14(10-8-12)16(19)18-15(17(20)21)11-13-5-3-2-4-6-13;1-4(2)3;/h2-6,12,14-15H,7-11H2,1H3,(H,18,19)(H,20,21);4H,1-3H3;1H4. The summed E-state index contributed by atoms with van der Waals surface area (Å²) in [4.78, 5) is 23.6. The van der Waals surface area contributed by atoms with Crippen molar-refractivity contribution in [1.29, 1.82) is 0 Å². The van der Waals surface area contributed by atoms with Gasteiger partial charge in [0.05, 0.1) is 0 Å². The minimum absolute atomic E-state index is 0. The van der Waals surface area contributed by atoms with Crippen molar-refractivity contribution in [2.45, 2.75) is 73.3 Å². The summed E-state index contributed by atoms with van der Waals surface area (Å²) in [5, 5.41) is 12.0. The molecule has 0 aliphatic heterocycles. The topological polar surface area (TPSA) is 66.4 Å². The Morgan fingerprint density at radius 1 is 1.08 bits per heavy atom. The summed E-state index contributed by atoms with van der Waals surface area (Å²) >= 11 is 0. The van der Waals surface area contributed by atoms with Crippen molar-refractivity contribution < 1.29 is 14.7 Å². The van der Waals surface area contributed by atoms with E-state index >= 15 is 0 Å². The molecule has 1 saturated carbocycles. The summed E-state index contributed by atoms with van der Waals surface area (Å²) in [5.74, 6) is 0.397. The lowest BCUT2D eigenvalue weighted by Crippen LogP contribution is -2.45. The second-order valence-electron chi connectivity index (χ2n) is 7.78. The van der Waals surface area contributed by atoms with E-state index in [9.17, 15) is 14.7 Å². The Labute approximate surface area is 159 Å². The van der Waals surface area contributed by atoms with E-state index < -0.39 is 12.0 Å². The third-order valence-electron chi connectivity index (χ3n) is 4.28. The summed E-state index contributed by atoms with van der Waals surface area (Å²) < 4.78 is 0. The lowest BCUT2D eigenvalue weighted by atomic mass is 9.82. The molecule has 0 bridgehead atoms. The third-order valence-corrected chi connectivity index (χ3v) is 4.28. The summed E-state index contributed by atoms with van der Waals surface area (Å²) in [7, 11) is 0. The molecule has 1 aromatic carbocycles. The zero-order valence-corrected chi connectivity index (χ0v) is 16.0. The Morgan fingerprint density at radius 2 is 1.58 bits per heavy atom. The number of aliphatic carboxylic acids is 1. The third kappa shape index (κ3) is 9.59. The zero-order valence-electron chi connectivity index (χ0n) is 16.0. The molecule has 0 aromatic heterocycles. The lowest BCUT2D eigenvalue weighted by Gasteiger charge is -2.26. The van der Waals surface area contributed by atoms with Gasteiger partial charge in [-0.05, 0) is 43.1 Å². The lowest BCUT2D eigenvalue weighted by molar-refractivity contribution is -0.142. The van der Waals surface area contributed by atoms with Gasteiger partial charge < -0.3 is 10.4 Å². The van der Waals surface area contributed by atoms with Gasteiger partial charge in [-0.3, -0.25) is 4.79 Å². The van der Waals surface area contributed by atoms with Crippen LogP contribution in [0.4, 0.5) is 0 Å². The molecule has 0 saturated heterocycles. The van der Waals surface area contributed by atoms with Crippen LogP contribution in [0.25, 0.3) is 0 Å². The molecule has 1 fully saturated rings. The predicted molar refractivity (Wildman–Crippen MR) is 108 cm³/mol. The minimum Gasteiger partial charge on any atom is -0.480 e. The molecule has 1 aliphatic rings. The van der Waals surface area contributed by atoms with Crippen molar-refractivity contribution in [3.05, 3.63) is 35.9 Å². The van der Waals surface area contributed by atoms with Gasteiger partial charge in [0.15, 0.2) is 0 Å². The molecule has 0 heterocycles. The average molecular weight is 364 g/mol.